The predicted octanol–water partition coefficient (Wildman–Crippen LogP) is 3.30. The summed E-state index contributed by atoms with van der Waals surface area (Å²) in [6.45, 7) is 1.93. The number of aryl methyl sites for hydroxylation is 1. The molecule has 1 aromatic heterocycles. The van der Waals surface area contributed by atoms with Crippen LogP contribution >= 0.6 is 0 Å². The fourth-order valence-corrected chi connectivity index (χ4v) is 3.96. The minimum Gasteiger partial charge on any atom is -0.489 e. The molecular weight excluding hydrogens is 332 g/mol. The van der Waals surface area contributed by atoms with Gasteiger partial charge in [0, 0.05) is 11.4 Å². The molecule has 134 valence electrons. The number of carbonyl (C=O) groups excluding carboxylic acids is 1. The van der Waals surface area contributed by atoms with Crippen molar-refractivity contribution in [3.63, 3.8) is 0 Å². The Morgan fingerprint density at radius 2 is 2.04 bits per heavy atom. The number of hydrogen-bond donors (Lipinski definition) is 2. The number of carboxylic acids is 1. The third-order valence-corrected chi connectivity index (χ3v) is 5.44. The van der Waals surface area contributed by atoms with Gasteiger partial charge in [0.1, 0.15) is 5.75 Å². The molecule has 26 heavy (non-hydrogen) atoms. The molecule has 2 N–H and O–H groups in total. The van der Waals surface area contributed by atoms with E-state index in [-0.39, 0.29) is 17.6 Å². The van der Waals surface area contributed by atoms with Crippen molar-refractivity contribution in [2.45, 2.75) is 44.1 Å². The quantitative estimate of drug-likeness (QED) is 0.885. The number of fused-ring (bicyclic) bond motifs is 2. The number of benzene rings is 1. The topological polar surface area (TPSA) is 88.5 Å². The lowest BCUT2D eigenvalue weighted by Crippen LogP contribution is -2.41. The molecule has 0 saturated heterocycles. The third kappa shape index (κ3) is 2.71. The Morgan fingerprint density at radius 1 is 1.27 bits per heavy atom. The minimum atomic E-state index is -0.980. The zero-order valence-corrected chi connectivity index (χ0v) is 14.5. The van der Waals surface area contributed by atoms with E-state index in [4.69, 9.17) is 4.74 Å². The highest BCUT2D eigenvalue weighted by atomic mass is 16.5. The molecule has 0 radical (unpaired) electrons. The molecule has 1 saturated carbocycles. The summed E-state index contributed by atoms with van der Waals surface area (Å²) in [4.78, 5) is 28.2. The van der Waals surface area contributed by atoms with Gasteiger partial charge in [0.05, 0.1) is 23.3 Å². The van der Waals surface area contributed by atoms with Gasteiger partial charge in [0.15, 0.2) is 0 Å². The SMILES string of the molecule is Cc1ccc(OC2CCC3(CC2)C(=O)Nc2ccc(C(=O)O)cc23)cn1. The normalized spacial score (nSPS) is 24.2. The molecule has 6 nitrogen and oxygen atoms in total. The summed E-state index contributed by atoms with van der Waals surface area (Å²) in [5, 5.41) is 12.2. The molecule has 2 aromatic rings. The van der Waals surface area contributed by atoms with Gasteiger partial charge in [0.25, 0.3) is 0 Å². The van der Waals surface area contributed by atoms with Crippen LogP contribution in [-0.4, -0.2) is 28.1 Å². The average Bonchev–Trinajstić information content (AvgIpc) is 2.90. The van der Waals surface area contributed by atoms with Gasteiger partial charge in [-0.1, -0.05) is 0 Å². The second-order valence-electron chi connectivity index (χ2n) is 7.05. The van der Waals surface area contributed by atoms with Gasteiger partial charge >= 0.3 is 5.97 Å². The van der Waals surface area contributed by atoms with Gasteiger partial charge in [0.2, 0.25) is 5.91 Å². The van der Waals surface area contributed by atoms with E-state index in [1.165, 1.54) is 6.07 Å². The Balaban J connectivity index is 1.53. The Hall–Kier alpha value is -2.89. The molecule has 1 aliphatic heterocycles. The summed E-state index contributed by atoms with van der Waals surface area (Å²) in [5.74, 6) is -0.280. The number of amides is 1. The van der Waals surface area contributed by atoms with Gasteiger partial charge in [-0.15, -0.1) is 0 Å². The Morgan fingerprint density at radius 3 is 2.69 bits per heavy atom. The fourth-order valence-electron chi connectivity index (χ4n) is 3.96. The zero-order valence-electron chi connectivity index (χ0n) is 14.5. The van der Waals surface area contributed by atoms with Gasteiger partial charge in [-0.05, 0) is 68.5 Å². The van der Waals surface area contributed by atoms with Crippen LogP contribution < -0.4 is 10.1 Å². The van der Waals surface area contributed by atoms with Crippen LogP contribution in [-0.2, 0) is 10.2 Å². The van der Waals surface area contributed by atoms with Crippen LogP contribution in [0.3, 0.4) is 0 Å². The molecule has 2 heterocycles. The van der Waals surface area contributed by atoms with E-state index in [1.807, 2.05) is 19.1 Å². The highest BCUT2D eigenvalue weighted by Crippen LogP contribution is 2.48. The maximum absolute atomic E-state index is 12.7. The van der Waals surface area contributed by atoms with Crippen LogP contribution in [0.5, 0.6) is 5.75 Å². The molecule has 1 aliphatic carbocycles. The number of pyridine rings is 1. The van der Waals surface area contributed by atoms with E-state index in [1.54, 1.807) is 18.3 Å². The number of aromatic nitrogens is 1. The summed E-state index contributed by atoms with van der Waals surface area (Å²) >= 11 is 0. The number of aromatic carboxylic acids is 1. The number of anilines is 1. The van der Waals surface area contributed by atoms with Crippen molar-refractivity contribution in [3.05, 3.63) is 53.3 Å². The van der Waals surface area contributed by atoms with Crippen molar-refractivity contribution >= 4 is 17.6 Å². The molecule has 1 aromatic carbocycles. The van der Waals surface area contributed by atoms with E-state index in [9.17, 15) is 14.7 Å². The largest absolute Gasteiger partial charge is 0.489 e. The maximum atomic E-state index is 12.7. The molecule has 1 fully saturated rings. The first-order chi connectivity index (χ1) is 12.5. The van der Waals surface area contributed by atoms with Crippen LogP contribution in [0.15, 0.2) is 36.5 Å². The minimum absolute atomic E-state index is 0.0321. The third-order valence-electron chi connectivity index (χ3n) is 5.44. The zero-order chi connectivity index (χ0) is 18.3. The average molecular weight is 352 g/mol. The molecule has 1 amide bonds. The van der Waals surface area contributed by atoms with Crippen molar-refractivity contribution in [2.24, 2.45) is 0 Å². The second kappa shape index (κ2) is 6.12. The molecule has 0 bridgehead atoms. The summed E-state index contributed by atoms with van der Waals surface area (Å²) in [7, 11) is 0. The standard InChI is InChI=1S/C20H20N2O4/c1-12-2-4-15(11-21-12)26-14-6-8-20(9-7-14)16-10-13(18(23)24)3-5-17(16)22-19(20)25/h2-5,10-11,14H,6-9H2,1H3,(H,22,25)(H,23,24). The van der Waals surface area contributed by atoms with Crippen LogP contribution in [0, 0.1) is 6.92 Å². The van der Waals surface area contributed by atoms with E-state index >= 15 is 0 Å². The van der Waals surface area contributed by atoms with Gasteiger partial charge in [-0.25, -0.2) is 4.79 Å². The van der Waals surface area contributed by atoms with E-state index < -0.39 is 11.4 Å². The Kier molecular flexibility index (Phi) is 3.90. The van der Waals surface area contributed by atoms with E-state index in [0.29, 0.717) is 12.8 Å². The maximum Gasteiger partial charge on any atom is 0.335 e. The van der Waals surface area contributed by atoms with Crippen LogP contribution in [0.2, 0.25) is 0 Å². The molecule has 2 aliphatic rings. The monoisotopic (exact) mass is 352 g/mol. The fraction of sp³-hybridized carbons (Fsp3) is 0.350. The number of hydrogen-bond acceptors (Lipinski definition) is 4. The smallest absolute Gasteiger partial charge is 0.335 e. The lowest BCUT2D eigenvalue weighted by Gasteiger charge is -2.35. The van der Waals surface area contributed by atoms with Crippen molar-refractivity contribution in [1.82, 2.24) is 4.98 Å². The number of carbonyl (C=O) groups is 2. The molecular formula is C20H20N2O4. The number of nitrogens with zero attached hydrogens (tertiary/aromatic N) is 1. The molecule has 0 unspecified atom stereocenters. The highest BCUT2D eigenvalue weighted by molar-refractivity contribution is 6.07. The molecule has 1 spiro atoms. The molecule has 4 rings (SSSR count). The summed E-state index contributed by atoms with van der Waals surface area (Å²) in [6, 6.07) is 8.67. The first kappa shape index (κ1) is 16.6. The first-order valence-corrected chi connectivity index (χ1v) is 8.76. The Bertz CT molecular complexity index is 868. The summed E-state index contributed by atoms with van der Waals surface area (Å²) < 4.78 is 6.01. The predicted molar refractivity (Wildman–Crippen MR) is 95.6 cm³/mol. The van der Waals surface area contributed by atoms with Crippen molar-refractivity contribution in [2.75, 3.05) is 5.32 Å². The van der Waals surface area contributed by atoms with Crippen molar-refractivity contribution in [3.8, 4) is 5.75 Å². The molecule has 0 atom stereocenters. The van der Waals surface area contributed by atoms with Gasteiger partial charge in [-0.2, -0.15) is 0 Å². The number of nitrogens with one attached hydrogen (secondary N) is 1. The van der Waals surface area contributed by atoms with Crippen LogP contribution in [0.4, 0.5) is 5.69 Å². The van der Waals surface area contributed by atoms with Crippen LogP contribution in [0.25, 0.3) is 0 Å². The lowest BCUT2D eigenvalue weighted by atomic mass is 9.69. The Labute approximate surface area is 151 Å². The number of carboxylic acid groups (broad SMARTS) is 1. The van der Waals surface area contributed by atoms with E-state index in [0.717, 1.165) is 35.5 Å². The number of rotatable bonds is 3. The molecule has 6 heteroatoms. The van der Waals surface area contributed by atoms with Crippen molar-refractivity contribution in [1.29, 1.82) is 0 Å². The van der Waals surface area contributed by atoms with E-state index in [2.05, 4.69) is 10.3 Å². The first-order valence-electron chi connectivity index (χ1n) is 8.76. The second-order valence-corrected chi connectivity index (χ2v) is 7.05. The van der Waals surface area contributed by atoms with Crippen LogP contribution in [0.1, 0.15) is 47.3 Å². The highest BCUT2D eigenvalue weighted by Gasteiger charge is 2.49. The summed E-state index contributed by atoms with van der Waals surface area (Å²) in [5.41, 5.74) is 2.03. The number of ether oxygens (including phenoxy) is 1. The van der Waals surface area contributed by atoms with Crippen molar-refractivity contribution < 1.29 is 19.4 Å². The van der Waals surface area contributed by atoms with Gasteiger partial charge < -0.3 is 15.2 Å². The van der Waals surface area contributed by atoms with Gasteiger partial charge in [-0.3, -0.25) is 9.78 Å². The lowest BCUT2D eigenvalue weighted by molar-refractivity contribution is -0.122. The summed E-state index contributed by atoms with van der Waals surface area (Å²) in [6.07, 6.45) is 4.49.